The molecule has 0 unspecified atom stereocenters. The predicted octanol–water partition coefficient (Wildman–Crippen LogP) is 3.11. The number of benzene rings is 2. The highest BCUT2D eigenvalue weighted by Crippen LogP contribution is 2.29. The molecule has 0 saturated carbocycles. The lowest BCUT2D eigenvalue weighted by molar-refractivity contribution is 0.555. The smallest absolute Gasteiger partial charge is 0.267 e. The third-order valence-corrected chi connectivity index (χ3v) is 5.41. The van der Waals surface area contributed by atoms with Crippen molar-refractivity contribution >= 4 is 21.4 Å². The molecular formula is C17H14F2N2O3S2. The van der Waals surface area contributed by atoms with Gasteiger partial charge in [-0.1, -0.05) is 17.4 Å². The summed E-state index contributed by atoms with van der Waals surface area (Å²) in [6, 6.07) is 6.67. The summed E-state index contributed by atoms with van der Waals surface area (Å²) >= 11 is 0.832. The van der Waals surface area contributed by atoms with E-state index < -0.39 is 26.6 Å². The highest BCUT2D eigenvalue weighted by molar-refractivity contribution is 7.89. The van der Waals surface area contributed by atoms with E-state index in [1.165, 1.54) is 9.95 Å². The topological polar surface area (TPSA) is 82.2 Å². The fourth-order valence-electron chi connectivity index (χ4n) is 2.76. The Labute approximate surface area is 152 Å². The number of aromatic nitrogens is 1. The van der Waals surface area contributed by atoms with Crippen molar-refractivity contribution in [2.45, 2.75) is 18.7 Å². The van der Waals surface area contributed by atoms with Crippen molar-refractivity contribution in [2.24, 2.45) is 5.14 Å². The van der Waals surface area contributed by atoms with Crippen LogP contribution in [-0.2, 0) is 10.0 Å². The molecule has 3 rings (SSSR count). The van der Waals surface area contributed by atoms with Gasteiger partial charge in [0.1, 0.15) is 16.5 Å². The van der Waals surface area contributed by atoms with Gasteiger partial charge in [0, 0.05) is 10.9 Å². The second-order valence-electron chi connectivity index (χ2n) is 5.88. The molecule has 0 aliphatic rings. The minimum Gasteiger partial charge on any atom is -0.267 e. The van der Waals surface area contributed by atoms with Crippen LogP contribution < -0.4 is 10.0 Å². The number of nitrogens with two attached hydrogens (primary N) is 1. The van der Waals surface area contributed by atoms with Crippen molar-refractivity contribution in [1.82, 2.24) is 4.57 Å². The van der Waals surface area contributed by atoms with E-state index in [2.05, 4.69) is 0 Å². The SMILES string of the molecule is Cc1cc(C)cc(-n2c(-c3cc(F)c(S(N)(=O)=O)cc3F)csc2=O)c1. The highest BCUT2D eigenvalue weighted by atomic mass is 32.2. The predicted molar refractivity (Wildman–Crippen MR) is 96.1 cm³/mol. The van der Waals surface area contributed by atoms with E-state index in [1.807, 2.05) is 19.9 Å². The quantitative estimate of drug-likeness (QED) is 0.739. The molecule has 0 amide bonds. The molecule has 0 fully saturated rings. The van der Waals surface area contributed by atoms with E-state index in [9.17, 15) is 22.0 Å². The Hall–Kier alpha value is -2.36. The number of rotatable bonds is 3. The van der Waals surface area contributed by atoms with E-state index in [-0.39, 0.29) is 16.1 Å². The summed E-state index contributed by atoms with van der Waals surface area (Å²) in [5.74, 6) is -2.18. The number of nitrogens with zero attached hydrogens (tertiary/aromatic N) is 1. The molecule has 1 heterocycles. The van der Waals surface area contributed by atoms with Crippen LogP contribution in [0.15, 0.2) is 45.4 Å². The standard InChI is InChI=1S/C17H14F2N2O3S2/c1-9-3-10(2)5-11(4-9)21-15(8-25-17(21)22)12-6-14(19)16(7-13(12)18)26(20,23)24/h3-8H,1-2H3,(H2,20,23,24). The van der Waals surface area contributed by atoms with E-state index in [1.54, 1.807) is 12.1 Å². The van der Waals surface area contributed by atoms with Crippen LogP contribution in [0.4, 0.5) is 8.78 Å². The van der Waals surface area contributed by atoms with Crippen LogP contribution >= 0.6 is 11.3 Å². The fraction of sp³-hybridized carbons (Fsp3) is 0.118. The van der Waals surface area contributed by atoms with Gasteiger partial charge in [-0.3, -0.25) is 9.36 Å². The molecule has 0 aliphatic heterocycles. The Kier molecular flexibility index (Phi) is 4.55. The zero-order chi connectivity index (χ0) is 19.2. The summed E-state index contributed by atoms with van der Waals surface area (Å²) in [7, 11) is -4.40. The number of sulfonamides is 1. The number of aryl methyl sites for hydroxylation is 2. The molecule has 26 heavy (non-hydrogen) atoms. The third-order valence-electron chi connectivity index (χ3n) is 3.76. The zero-order valence-electron chi connectivity index (χ0n) is 13.8. The molecule has 0 radical (unpaired) electrons. The van der Waals surface area contributed by atoms with Gasteiger partial charge >= 0.3 is 4.87 Å². The fourth-order valence-corrected chi connectivity index (χ4v) is 4.11. The molecule has 5 nitrogen and oxygen atoms in total. The Morgan fingerprint density at radius 1 is 1.00 bits per heavy atom. The summed E-state index contributed by atoms with van der Waals surface area (Å²) in [4.78, 5) is 11.0. The molecule has 0 saturated heterocycles. The van der Waals surface area contributed by atoms with Crippen LogP contribution in [0.3, 0.4) is 0 Å². The summed E-state index contributed by atoms with van der Waals surface area (Å²) in [6.07, 6.45) is 0. The van der Waals surface area contributed by atoms with E-state index in [0.717, 1.165) is 28.5 Å². The van der Waals surface area contributed by atoms with Crippen LogP contribution in [0.25, 0.3) is 16.9 Å². The molecular weight excluding hydrogens is 382 g/mol. The van der Waals surface area contributed by atoms with Gasteiger partial charge in [-0.25, -0.2) is 22.3 Å². The monoisotopic (exact) mass is 396 g/mol. The Balaban J connectivity index is 2.28. The van der Waals surface area contributed by atoms with Crippen LogP contribution in [0, 0.1) is 25.5 Å². The second-order valence-corrected chi connectivity index (χ2v) is 8.23. The summed E-state index contributed by atoms with van der Waals surface area (Å²) in [6.45, 7) is 3.71. The maximum atomic E-state index is 14.5. The van der Waals surface area contributed by atoms with Crippen LogP contribution in [0.1, 0.15) is 11.1 Å². The van der Waals surface area contributed by atoms with Gasteiger partial charge in [0.25, 0.3) is 0 Å². The van der Waals surface area contributed by atoms with Crippen LogP contribution in [0.2, 0.25) is 0 Å². The molecule has 0 bridgehead atoms. The van der Waals surface area contributed by atoms with Gasteiger partial charge < -0.3 is 0 Å². The number of primary sulfonamides is 1. The van der Waals surface area contributed by atoms with E-state index >= 15 is 0 Å². The largest absolute Gasteiger partial charge is 0.312 e. The number of hydrogen-bond acceptors (Lipinski definition) is 4. The first kappa shape index (κ1) is 18.4. The summed E-state index contributed by atoms with van der Waals surface area (Å²) in [5, 5.41) is 6.28. The zero-order valence-corrected chi connectivity index (χ0v) is 15.4. The van der Waals surface area contributed by atoms with Gasteiger partial charge in [-0.2, -0.15) is 0 Å². The number of halogens is 2. The average molecular weight is 396 g/mol. The minimum atomic E-state index is -4.40. The Morgan fingerprint density at radius 2 is 1.62 bits per heavy atom. The molecule has 2 N–H and O–H groups in total. The van der Waals surface area contributed by atoms with Crippen molar-refractivity contribution in [3.8, 4) is 16.9 Å². The molecule has 3 aromatic rings. The third kappa shape index (κ3) is 3.33. The van der Waals surface area contributed by atoms with Gasteiger partial charge in [-0.05, 0) is 49.2 Å². The normalized spacial score (nSPS) is 11.7. The Bertz CT molecular complexity index is 1160. The first-order valence-corrected chi connectivity index (χ1v) is 9.82. The lowest BCUT2D eigenvalue weighted by Crippen LogP contribution is -2.16. The first-order chi connectivity index (χ1) is 12.1. The lowest BCUT2D eigenvalue weighted by Gasteiger charge is -2.12. The maximum absolute atomic E-state index is 14.5. The molecule has 0 aliphatic carbocycles. The van der Waals surface area contributed by atoms with Gasteiger partial charge in [0.15, 0.2) is 0 Å². The molecule has 1 aromatic heterocycles. The van der Waals surface area contributed by atoms with Crippen molar-refractivity contribution in [2.75, 3.05) is 0 Å². The minimum absolute atomic E-state index is 0.127. The van der Waals surface area contributed by atoms with Gasteiger partial charge in [-0.15, -0.1) is 0 Å². The molecule has 2 aromatic carbocycles. The average Bonchev–Trinajstić information content (AvgIpc) is 2.88. The summed E-state index contributed by atoms with van der Waals surface area (Å²) in [5.41, 5.74) is 2.22. The van der Waals surface area contributed by atoms with E-state index in [4.69, 9.17) is 5.14 Å². The van der Waals surface area contributed by atoms with E-state index in [0.29, 0.717) is 11.8 Å². The number of hydrogen-bond donors (Lipinski definition) is 1. The molecule has 0 spiro atoms. The Morgan fingerprint density at radius 3 is 2.19 bits per heavy atom. The van der Waals surface area contributed by atoms with Crippen LogP contribution in [0.5, 0.6) is 0 Å². The van der Waals surface area contributed by atoms with Crippen molar-refractivity contribution in [3.05, 3.63) is 68.1 Å². The molecule has 0 atom stereocenters. The van der Waals surface area contributed by atoms with Crippen molar-refractivity contribution in [3.63, 3.8) is 0 Å². The van der Waals surface area contributed by atoms with Crippen LogP contribution in [-0.4, -0.2) is 13.0 Å². The van der Waals surface area contributed by atoms with Gasteiger partial charge in [0.2, 0.25) is 10.0 Å². The maximum Gasteiger partial charge on any atom is 0.312 e. The molecule has 136 valence electrons. The second kappa shape index (κ2) is 6.42. The summed E-state index contributed by atoms with van der Waals surface area (Å²) < 4.78 is 52.6. The first-order valence-electron chi connectivity index (χ1n) is 7.39. The molecule has 9 heteroatoms. The van der Waals surface area contributed by atoms with Crippen molar-refractivity contribution < 1.29 is 17.2 Å². The van der Waals surface area contributed by atoms with Crippen molar-refractivity contribution in [1.29, 1.82) is 0 Å². The highest BCUT2D eigenvalue weighted by Gasteiger charge is 2.22. The lowest BCUT2D eigenvalue weighted by atomic mass is 10.1. The van der Waals surface area contributed by atoms with Gasteiger partial charge in [0.05, 0.1) is 11.4 Å². The number of thiazole rings is 1.